The van der Waals surface area contributed by atoms with Crippen LogP contribution in [0.2, 0.25) is 5.02 Å². The van der Waals surface area contributed by atoms with Gasteiger partial charge in [-0.3, -0.25) is 4.79 Å². The molecule has 0 saturated carbocycles. The molecule has 0 unspecified atom stereocenters. The number of anilines is 1. The summed E-state index contributed by atoms with van der Waals surface area (Å²) in [5.74, 6) is -0.359. The molecule has 134 valence electrons. The van der Waals surface area contributed by atoms with E-state index in [1.165, 1.54) is 11.8 Å². The summed E-state index contributed by atoms with van der Waals surface area (Å²) in [6.45, 7) is 6.26. The molecule has 0 saturated heterocycles. The van der Waals surface area contributed by atoms with E-state index in [1.54, 1.807) is 18.3 Å². The second kappa shape index (κ2) is 7.70. The lowest BCUT2D eigenvalue weighted by molar-refractivity contribution is 0.0600. The average molecular weight is 364 g/mol. The van der Waals surface area contributed by atoms with E-state index in [9.17, 15) is 9.59 Å². The molecule has 2 rings (SSSR count). The summed E-state index contributed by atoms with van der Waals surface area (Å²) in [6.07, 6.45) is 2.27. The van der Waals surface area contributed by atoms with Crippen LogP contribution in [0.1, 0.15) is 36.7 Å². The summed E-state index contributed by atoms with van der Waals surface area (Å²) in [4.78, 5) is 23.7. The third-order valence-corrected chi connectivity index (χ3v) is 4.02. The zero-order valence-electron chi connectivity index (χ0n) is 14.8. The van der Waals surface area contributed by atoms with Gasteiger partial charge in [0.1, 0.15) is 5.02 Å². The minimum atomic E-state index is -0.430. The highest BCUT2D eigenvalue weighted by Gasteiger charge is 2.19. The molecule has 0 aliphatic carbocycles. The van der Waals surface area contributed by atoms with Crippen LogP contribution in [0.25, 0.3) is 0 Å². The van der Waals surface area contributed by atoms with Crippen molar-refractivity contribution in [1.82, 2.24) is 9.78 Å². The Morgan fingerprint density at radius 2 is 1.92 bits per heavy atom. The monoisotopic (exact) mass is 363 g/mol. The Morgan fingerprint density at radius 1 is 1.28 bits per heavy atom. The summed E-state index contributed by atoms with van der Waals surface area (Å²) < 4.78 is 6.04. The molecular formula is C18H22ClN3O3. The maximum Gasteiger partial charge on any atom is 0.337 e. The first-order valence-electron chi connectivity index (χ1n) is 7.93. The zero-order valence-corrected chi connectivity index (χ0v) is 15.6. The predicted octanol–water partition coefficient (Wildman–Crippen LogP) is 3.09. The Morgan fingerprint density at radius 3 is 2.48 bits per heavy atom. The molecule has 0 spiro atoms. The van der Waals surface area contributed by atoms with Gasteiger partial charge in [-0.15, -0.1) is 0 Å². The topological polar surface area (TPSA) is 73.2 Å². The third-order valence-electron chi connectivity index (χ3n) is 3.66. The Hall–Kier alpha value is -2.34. The van der Waals surface area contributed by atoms with Crippen LogP contribution < -0.4 is 10.9 Å². The van der Waals surface area contributed by atoms with E-state index in [0.717, 1.165) is 5.56 Å². The number of hydrogen-bond acceptors (Lipinski definition) is 5. The molecule has 1 N–H and O–H groups in total. The van der Waals surface area contributed by atoms with Crippen molar-refractivity contribution in [3.05, 3.63) is 57.0 Å². The van der Waals surface area contributed by atoms with Crippen molar-refractivity contribution in [3.8, 4) is 0 Å². The van der Waals surface area contributed by atoms with Gasteiger partial charge in [-0.2, -0.15) is 5.10 Å². The Kier molecular flexibility index (Phi) is 5.85. The largest absolute Gasteiger partial charge is 0.465 e. The van der Waals surface area contributed by atoms with Crippen LogP contribution >= 0.6 is 11.6 Å². The van der Waals surface area contributed by atoms with Crippen LogP contribution in [0.15, 0.2) is 35.3 Å². The maximum absolute atomic E-state index is 12.3. The molecular weight excluding hydrogens is 342 g/mol. The summed E-state index contributed by atoms with van der Waals surface area (Å²) in [7, 11) is 1.35. The molecule has 0 aliphatic rings. The number of carbonyl (C=O) groups excluding carboxylic acids is 1. The van der Waals surface area contributed by atoms with Gasteiger partial charge in [-0.1, -0.05) is 23.7 Å². The van der Waals surface area contributed by atoms with Crippen molar-refractivity contribution in [2.75, 3.05) is 19.0 Å². The number of hydrogen-bond donors (Lipinski definition) is 1. The number of ether oxygens (including phenoxy) is 1. The van der Waals surface area contributed by atoms with Gasteiger partial charge < -0.3 is 10.1 Å². The Labute approximate surface area is 151 Å². The number of halogens is 1. The summed E-state index contributed by atoms with van der Waals surface area (Å²) in [5, 5.41) is 7.44. The van der Waals surface area contributed by atoms with E-state index in [2.05, 4.69) is 15.2 Å². The van der Waals surface area contributed by atoms with E-state index in [-0.39, 0.29) is 16.6 Å². The van der Waals surface area contributed by atoms with E-state index >= 15 is 0 Å². The average Bonchev–Trinajstić information content (AvgIpc) is 2.57. The van der Waals surface area contributed by atoms with Crippen molar-refractivity contribution < 1.29 is 9.53 Å². The second-order valence-electron chi connectivity index (χ2n) is 6.63. The molecule has 0 aliphatic heterocycles. The van der Waals surface area contributed by atoms with Crippen molar-refractivity contribution in [2.45, 2.75) is 32.7 Å². The lowest BCUT2D eigenvalue weighted by atomic mass is 10.1. The molecule has 0 bridgehead atoms. The number of benzene rings is 1. The zero-order chi connectivity index (χ0) is 18.6. The molecule has 0 fully saturated rings. The van der Waals surface area contributed by atoms with Gasteiger partial charge in [0.25, 0.3) is 5.56 Å². The van der Waals surface area contributed by atoms with E-state index in [4.69, 9.17) is 11.6 Å². The van der Waals surface area contributed by atoms with Crippen LogP contribution in [-0.4, -0.2) is 29.4 Å². The molecule has 1 aromatic carbocycles. The lowest BCUT2D eigenvalue weighted by Crippen LogP contribution is -2.36. The van der Waals surface area contributed by atoms with E-state index in [0.29, 0.717) is 24.2 Å². The minimum Gasteiger partial charge on any atom is -0.465 e. The fraction of sp³-hybridized carbons (Fsp3) is 0.389. The Bertz CT molecular complexity index is 808. The number of esters is 1. The SMILES string of the molecule is COC(=O)c1ccc(CCNc2cnn(C(C)(C)C)c(=O)c2Cl)cc1. The molecule has 0 radical (unpaired) electrons. The van der Waals surface area contributed by atoms with Crippen molar-refractivity contribution >= 4 is 23.3 Å². The van der Waals surface area contributed by atoms with Gasteiger partial charge in [0, 0.05) is 6.54 Å². The molecule has 1 heterocycles. The molecule has 2 aromatic rings. The van der Waals surface area contributed by atoms with Crippen molar-refractivity contribution in [3.63, 3.8) is 0 Å². The molecule has 6 nitrogen and oxygen atoms in total. The molecule has 0 atom stereocenters. The molecule has 1 aromatic heterocycles. The van der Waals surface area contributed by atoms with Gasteiger partial charge in [0.15, 0.2) is 0 Å². The van der Waals surface area contributed by atoms with E-state index < -0.39 is 5.54 Å². The highest BCUT2D eigenvalue weighted by Crippen LogP contribution is 2.18. The number of aromatic nitrogens is 2. The van der Waals surface area contributed by atoms with Crippen LogP contribution in [0.4, 0.5) is 5.69 Å². The lowest BCUT2D eigenvalue weighted by Gasteiger charge is -2.21. The molecule has 25 heavy (non-hydrogen) atoms. The summed E-state index contributed by atoms with van der Waals surface area (Å²) >= 11 is 6.17. The maximum atomic E-state index is 12.3. The molecule has 7 heteroatoms. The number of nitrogens with zero attached hydrogens (tertiary/aromatic N) is 2. The van der Waals surface area contributed by atoms with Crippen LogP contribution in [0.3, 0.4) is 0 Å². The number of rotatable bonds is 5. The van der Waals surface area contributed by atoms with Crippen molar-refractivity contribution in [1.29, 1.82) is 0 Å². The number of methoxy groups -OCH3 is 1. The summed E-state index contributed by atoms with van der Waals surface area (Å²) in [6, 6.07) is 7.18. The first-order chi connectivity index (χ1) is 11.7. The fourth-order valence-corrected chi connectivity index (χ4v) is 2.50. The second-order valence-corrected chi connectivity index (χ2v) is 7.00. The normalized spacial score (nSPS) is 11.2. The van der Waals surface area contributed by atoms with Crippen LogP contribution in [0.5, 0.6) is 0 Å². The van der Waals surface area contributed by atoms with Gasteiger partial charge in [-0.25, -0.2) is 9.48 Å². The van der Waals surface area contributed by atoms with Gasteiger partial charge in [-0.05, 0) is 44.9 Å². The fourth-order valence-electron chi connectivity index (χ4n) is 2.30. The summed E-state index contributed by atoms with van der Waals surface area (Å²) in [5.41, 5.74) is 1.32. The Balaban J connectivity index is 2.02. The van der Waals surface area contributed by atoms with Crippen LogP contribution in [-0.2, 0) is 16.7 Å². The first-order valence-corrected chi connectivity index (χ1v) is 8.31. The number of carbonyl (C=O) groups is 1. The van der Waals surface area contributed by atoms with Crippen LogP contribution in [0, 0.1) is 0 Å². The smallest absolute Gasteiger partial charge is 0.337 e. The minimum absolute atomic E-state index is 0.131. The highest BCUT2D eigenvalue weighted by atomic mass is 35.5. The first kappa shape index (κ1) is 19.0. The predicted molar refractivity (Wildman–Crippen MR) is 98.5 cm³/mol. The molecule has 0 amide bonds. The van der Waals surface area contributed by atoms with Gasteiger partial charge in [0.2, 0.25) is 0 Å². The van der Waals surface area contributed by atoms with Crippen molar-refractivity contribution in [2.24, 2.45) is 0 Å². The highest BCUT2D eigenvalue weighted by molar-refractivity contribution is 6.32. The van der Waals surface area contributed by atoms with Gasteiger partial charge >= 0.3 is 5.97 Å². The van der Waals surface area contributed by atoms with E-state index in [1.807, 2.05) is 32.9 Å². The number of nitrogens with one attached hydrogen (secondary N) is 1. The van der Waals surface area contributed by atoms with Gasteiger partial charge in [0.05, 0.1) is 30.1 Å². The quantitative estimate of drug-likeness (QED) is 0.826. The standard InChI is InChI=1S/C18H22ClN3O3/c1-18(2,3)22-16(23)15(19)14(11-21-22)20-10-9-12-5-7-13(8-6-12)17(24)25-4/h5-8,11,20H,9-10H2,1-4H3. The third kappa shape index (κ3) is 4.60.